The minimum absolute atomic E-state index is 0.0191. The van der Waals surface area contributed by atoms with E-state index in [9.17, 15) is 4.79 Å². The lowest BCUT2D eigenvalue weighted by molar-refractivity contribution is 0.0934. The standard InChI is InChI=1S/C21H26Cl2N4O2/c22-18-5-4-16(12-19(18)23)29-15-6-10-27(11-7-15)9-1-8-24-21(28)17-13-25-26-20(17)14-2-3-14/h4-5,12-15H,1-3,6-11H2,(H,24,28)(H,25,26). The van der Waals surface area contributed by atoms with Crippen LogP contribution < -0.4 is 10.1 Å². The van der Waals surface area contributed by atoms with E-state index in [1.165, 1.54) is 0 Å². The van der Waals surface area contributed by atoms with Crippen molar-refractivity contribution in [1.29, 1.82) is 0 Å². The fraction of sp³-hybridized carbons (Fsp3) is 0.524. The normalized spacial score (nSPS) is 18.0. The molecule has 2 fully saturated rings. The van der Waals surface area contributed by atoms with Crippen molar-refractivity contribution in [2.75, 3.05) is 26.2 Å². The van der Waals surface area contributed by atoms with E-state index in [1.807, 2.05) is 6.07 Å². The first kappa shape index (κ1) is 20.5. The van der Waals surface area contributed by atoms with E-state index in [0.717, 1.165) is 63.2 Å². The first-order valence-electron chi connectivity index (χ1n) is 10.3. The summed E-state index contributed by atoms with van der Waals surface area (Å²) in [6.07, 6.45) is 7.02. The summed E-state index contributed by atoms with van der Waals surface area (Å²) in [4.78, 5) is 14.8. The number of aromatic nitrogens is 2. The molecule has 2 heterocycles. The van der Waals surface area contributed by atoms with Crippen LogP contribution in [0.15, 0.2) is 24.4 Å². The molecule has 1 aromatic heterocycles. The van der Waals surface area contributed by atoms with Gasteiger partial charge in [0.05, 0.1) is 27.5 Å². The lowest BCUT2D eigenvalue weighted by Crippen LogP contribution is -2.39. The van der Waals surface area contributed by atoms with Crippen LogP contribution >= 0.6 is 23.2 Å². The molecule has 1 aliphatic carbocycles. The second kappa shape index (κ2) is 9.37. The third kappa shape index (κ3) is 5.44. The molecular weight excluding hydrogens is 411 g/mol. The number of carbonyl (C=O) groups is 1. The molecular formula is C21H26Cl2N4O2. The van der Waals surface area contributed by atoms with Crippen LogP contribution in [0, 0.1) is 0 Å². The van der Waals surface area contributed by atoms with Gasteiger partial charge in [0.1, 0.15) is 11.9 Å². The Labute approximate surface area is 180 Å². The van der Waals surface area contributed by atoms with Gasteiger partial charge in [-0.2, -0.15) is 5.10 Å². The van der Waals surface area contributed by atoms with Gasteiger partial charge in [-0.25, -0.2) is 0 Å². The van der Waals surface area contributed by atoms with E-state index in [1.54, 1.807) is 18.3 Å². The second-order valence-electron chi connectivity index (χ2n) is 7.82. The number of nitrogens with one attached hydrogen (secondary N) is 2. The average Bonchev–Trinajstić information content (AvgIpc) is 3.45. The molecule has 2 aliphatic rings. The number of amides is 1. The Morgan fingerprint density at radius 2 is 2.00 bits per heavy atom. The molecule has 2 N–H and O–H groups in total. The SMILES string of the molecule is O=C(NCCCN1CCC(Oc2ccc(Cl)c(Cl)c2)CC1)c1cn[nH]c1C1CC1. The Kier molecular flexibility index (Phi) is 6.63. The molecule has 1 saturated heterocycles. The highest BCUT2D eigenvalue weighted by atomic mass is 35.5. The van der Waals surface area contributed by atoms with Gasteiger partial charge in [0.2, 0.25) is 0 Å². The van der Waals surface area contributed by atoms with Gasteiger partial charge in [0.15, 0.2) is 0 Å². The number of likely N-dealkylation sites (tertiary alicyclic amines) is 1. The molecule has 8 heteroatoms. The molecule has 0 radical (unpaired) electrons. The molecule has 156 valence electrons. The zero-order chi connectivity index (χ0) is 20.2. The fourth-order valence-electron chi connectivity index (χ4n) is 3.75. The molecule has 1 aromatic carbocycles. The van der Waals surface area contributed by atoms with Gasteiger partial charge in [-0.3, -0.25) is 9.89 Å². The van der Waals surface area contributed by atoms with Crippen molar-refractivity contribution in [1.82, 2.24) is 20.4 Å². The zero-order valence-electron chi connectivity index (χ0n) is 16.3. The predicted molar refractivity (Wildman–Crippen MR) is 114 cm³/mol. The number of nitrogens with zero attached hydrogens (tertiary/aromatic N) is 2. The highest BCUT2D eigenvalue weighted by molar-refractivity contribution is 6.42. The Morgan fingerprint density at radius 1 is 1.21 bits per heavy atom. The summed E-state index contributed by atoms with van der Waals surface area (Å²) < 4.78 is 6.04. The zero-order valence-corrected chi connectivity index (χ0v) is 17.8. The number of ether oxygens (including phenoxy) is 1. The number of H-pyrrole nitrogens is 1. The van der Waals surface area contributed by atoms with Crippen molar-refractivity contribution in [2.45, 2.75) is 44.1 Å². The number of carbonyl (C=O) groups excluding carboxylic acids is 1. The van der Waals surface area contributed by atoms with E-state index in [0.29, 0.717) is 28.1 Å². The highest BCUT2D eigenvalue weighted by Crippen LogP contribution is 2.40. The van der Waals surface area contributed by atoms with E-state index < -0.39 is 0 Å². The van der Waals surface area contributed by atoms with E-state index in [4.69, 9.17) is 27.9 Å². The topological polar surface area (TPSA) is 70.2 Å². The van der Waals surface area contributed by atoms with Crippen LogP contribution in [0.3, 0.4) is 0 Å². The van der Waals surface area contributed by atoms with Gasteiger partial charge in [0, 0.05) is 31.6 Å². The van der Waals surface area contributed by atoms with Crippen LogP contribution in [0.5, 0.6) is 5.75 Å². The Hall–Kier alpha value is -1.76. The molecule has 0 unspecified atom stereocenters. The second-order valence-corrected chi connectivity index (χ2v) is 8.63. The highest BCUT2D eigenvalue weighted by Gasteiger charge is 2.29. The van der Waals surface area contributed by atoms with E-state index in [-0.39, 0.29) is 12.0 Å². The number of aromatic amines is 1. The van der Waals surface area contributed by atoms with E-state index >= 15 is 0 Å². The third-order valence-electron chi connectivity index (χ3n) is 5.56. The summed E-state index contributed by atoms with van der Waals surface area (Å²) in [5, 5.41) is 11.1. The number of halogens is 2. The third-order valence-corrected chi connectivity index (χ3v) is 6.30. The van der Waals surface area contributed by atoms with Crippen molar-refractivity contribution >= 4 is 29.1 Å². The summed E-state index contributed by atoms with van der Waals surface area (Å²) >= 11 is 12.0. The average molecular weight is 437 g/mol. The van der Waals surface area contributed by atoms with Crippen LogP contribution in [0.4, 0.5) is 0 Å². The van der Waals surface area contributed by atoms with Gasteiger partial charge in [-0.05, 0) is 50.8 Å². The Bertz CT molecular complexity index is 845. The van der Waals surface area contributed by atoms with Crippen molar-refractivity contribution in [3.63, 3.8) is 0 Å². The minimum atomic E-state index is -0.0191. The lowest BCUT2D eigenvalue weighted by atomic mass is 10.1. The van der Waals surface area contributed by atoms with Crippen LogP contribution in [0.2, 0.25) is 10.0 Å². The molecule has 2 aromatic rings. The molecule has 0 atom stereocenters. The minimum Gasteiger partial charge on any atom is -0.490 e. The summed E-state index contributed by atoms with van der Waals surface area (Å²) in [6.45, 7) is 3.63. The summed E-state index contributed by atoms with van der Waals surface area (Å²) in [5.41, 5.74) is 1.69. The molecule has 0 bridgehead atoms. The van der Waals surface area contributed by atoms with Crippen LogP contribution in [-0.4, -0.2) is 53.3 Å². The predicted octanol–water partition coefficient (Wildman–Crippen LogP) is 4.26. The summed E-state index contributed by atoms with van der Waals surface area (Å²) in [7, 11) is 0. The van der Waals surface area contributed by atoms with Crippen LogP contribution in [0.1, 0.15) is 54.1 Å². The number of rotatable bonds is 8. The number of benzene rings is 1. The van der Waals surface area contributed by atoms with Crippen LogP contribution in [0.25, 0.3) is 0 Å². The summed E-state index contributed by atoms with van der Waals surface area (Å²) in [6, 6.07) is 5.39. The largest absolute Gasteiger partial charge is 0.490 e. The van der Waals surface area contributed by atoms with Gasteiger partial charge in [0.25, 0.3) is 5.91 Å². The van der Waals surface area contributed by atoms with Gasteiger partial charge in [-0.1, -0.05) is 23.2 Å². The molecule has 0 spiro atoms. The van der Waals surface area contributed by atoms with Gasteiger partial charge >= 0.3 is 0 Å². The van der Waals surface area contributed by atoms with Crippen LogP contribution in [-0.2, 0) is 0 Å². The van der Waals surface area contributed by atoms with E-state index in [2.05, 4.69) is 20.4 Å². The maximum absolute atomic E-state index is 12.4. The lowest BCUT2D eigenvalue weighted by Gasteiger charge is -2.32. The number of piperidine rings is 1. The number of hydrogen-bond acceptors (Lipinski definition) is 4. The molecule has 4 rings (SSSR count). The fourth-order valence-corrected chi connectivity index (χ4v) is 4.04. The molecule has 1 aliphatic heterocycles. The Morgan fingerprint density at radius 3 is 2.72 bits per heavy atom. The number of hydrogen-bond donors (Lipinski definition) is 2. The van der Waals surface area contributed by atoms with Crippen molar-refractivity contribution in [3.8, 4) is 5.75 Å². The monoisotopic (exact) mass is 436 g/mol. The summed E-state index contributed by atoms with van der Waals surface area (Å²) in [5.74, 6) is 1.24. The van der Waals surface area contributed by atoms with Gasteiger partial charge in [-0.15, -0.1) is 0 Å². The maximum Gasteiger partial charge on any atom is 0.254 e. The first-order valence-corrected chi connectivity index (χ1v) is 11.0. The molecule has 1 saturated carbocycles. The van der Waals surface area contributed by atoms with Gasteiger partial charge < -0.3 is 15.0 Å². The van der Waals surface area contributed by atoms with Crippen molar-refractivity contribution < 1.29 is 9.53 Å². The maximum atomic E-state index is 12.4. The first-order chi connectivity index (χ1) is 14.1. The molecule has 1 amide bonds. The van der Waals surface area contributed by atoms with Crippen molar-refractivity contribution in [2.24, 2.45) is 0 Å². The quantitative estimate of drug-likeness (QED) is 0.606. The Balaban J connectivity index is 1.13. The molecule has 6 nitrogen and oxygen atoms in total. The molecule has 29 heavy (non-hydrogen) atoms. The van der Waals surface area contributed by atoms with Crippen molar-refractivity contribution in [3.05, 3.63) is 45.7 Å². The smallest absolute Gasteiger partial charge is 0.254 e.